The minimum atomic E-state index is -5.53. The Balaban J connectivity index is 1.50. The van der Waals surface area contributed by atoms with E-state index >= 15 is 0 Å². The second-order valence-electron chi connectivity index (χ2n) is 10.7. The number of hydrogen-bond acceptors (Lipinski definition) is 5. The van der Waals surface area contributed by atoms with Crippen molar-refractivity contribution < 1.29 is 45.5 Å². The molecule has 3 aromatic rings. The summed E-state index contributed by atoms with van der Waals surface area (Å²) in [4.78, 5) is 33.4. The first-order chi connectivity index (χ1) is 21.4. The van der Waals surface area contributed by atoms with E-state index in [1.54, 1.807) is 30.3 Å². The minimum Gasteiger partial charge on any atom is -0.403 e. The predicted molar refractivity (Wildman–Crippen MR) is 154 cm³/mol. The molecule has 0 N–H and O–H groups in total. The van der Waals surface area contributed by atoms with Crippen LogP contribution in [0.2, 0.25) is 0 Å². The van der Waals surface area contributed by atoms with Gasteiger partial charge in [-0.3, -0.25) is 0 Å². The number of benzene rings is 3. The fraction of sp³-hybridized carbons (Fsp3) is 0.375. The summed E-state index contributed by atoms with van der Waals surface area (Å²) in [6, 6.07) is 21.4. The van der Waals surface area contributed by atoms with Gasteiger partial charge in [0, 0.05) is 13.1 Å². The molecule has 0 bridgehead atoms. The number of nitrogens with zero attached hydrogens (tertiary/aromatic N) is 3. The number of halogens is 6. The highest BCUT2D eigenvalue weighted by Crippen LogP contribution is 2.35. The van der Waals surface area contributed by atoms with Crippen LogP contribution in [0.4, 0.5) is 36.8 Å². The van der Waals surface area contributed by atoms with Crippen molar-refractivity contribution in [2.75, 3.05) is 31.2 Å². The van der Waals surface area contributed by atoms with Crippen molar-refractivity contribution in [2.45, 2.75) is 44.8 Å². The van der Waals surface area contributed by atoms with Crippen LogP contribution in [0.15, 0.2) is 84.9 Å². The van der Waals surface area contributed by atoms with Crippen LogP contribution in [0.25, 0.3) is 0 Å². The fourth-order valence-corrected chi connectivity index (χ4v) is 5.18. The van der Waals surface area contributed by atoms with Crippen LogP contribution in [0.1, 0.15) is 30.4 Å². The average Bonchev–Trinajstić information content (AvgIpc) is 3.00. The van der Waals surface area contributed by atoms with E-state index < -0.39 is 36.0 Å². The minimum absolute atomic E-state index is 0.0139. The van der Waals surface area contributed by atoms with Crippen molar-refractivity contribution in [3.05, 3.63) is 96.1 Å². The number of alkyl halides is 6. The number of hydrogen-bond donors (Lipinski definition) is 0. The predicted octanol–water partition coefficient (Wildman–Crippen LogP) is 7.38. The van der Waals surface area contributed by atoms with E-state index in [0.29, 0.717) is 24.4 Å². The van der Waals surface area contributed by atoms with Crippen molar-refractivity contribution >= 4 is 17.7 Å². The molecule has 4 rings (SSSR count). The van der Waals surface area contributed by atoms with Gasteiger partial charge in [0.1, 0.15) is 5.69 Å². The Labute approximate surface area is 256 Å². The zero-order valence-corrected chi connectivity index (χ0v) is 24.3. The van der Waals surface area contributed by atoms with Crippen LogP contribution in [0.3, 0.4) is 0 Å². The zero-order valence-electron chi connectivity index (χ0n) is 24.3. The van der Waals surface area contributed by atoms with Crippen molar-refractivity contribution in [2.24, 2.45) is 5.92 Å². The third kappa shape index (κ3) is 10.4. The molecular weight excluding hydrogens is 604 g/mol. The molecular formula is C32H33F6N3O4. The topological polar surface area (TPSA) is 62.3 Å². The molecule has 1 saturated heterocycles. The normalized spacial score (nSPS) is 14.5. The smallest absolute Gasteiger partial charge is 0.403 e. The van der Waals surface area contributed by atoms with Gasteiger partial charge < -0.3 is 19.4 Å². The Hall–Kier alpha value is -4.26. The number of para-hydroxylation sites is 2. The highest BCUT2D eigenvalue weighted by Gasteiger charge is 2.45. The van der Waals surface area contributed by atoms with Gasteiger partial charge in [0.15, 0.2) is 5.75 Å². The Kier molecular flexibility index (Phi) is 11.3. The summed E-state index contributed by atoms with van der Waals surface area (Å²) in [6.45, 7) is 2.15. The first-order valence-electron chi connectivity index (χ1n) is 14.4. The zero-order chi connectivity index (χ0) is 32.5. The van der Waals surface area contributed by atoms with Crippen LogP contribution < -0.4 is 9.80 Å². The lowest BCUT2D eigenvalue weighted by Crippen LogP contribution is -2.47. The molecule has 3 aromatic carbocycles. The fourth-order valence-electron chi connectivity index (χ4n) is 5.18. The van der Waals surface area contributed by atoms with Crippen LogP contribution in [0, 0.1) is 5.92 Å². The Bertz CT molecular complexity index is 1380. The number of ether oxygens (including phenoxy) is 1. The first kappa shape index (κ1) is 33.6. The number of likely N-dealkylation sites (tertiary alicyclic amines) is 1. The van der Waals surface area contributed by atoms with Crippen molar-refractivity contribution in [1.82, 2.24) is 9.80 Å². The summed E-state index contributed by atoms with van der Waals surface area (Å²) in [6.07, 6.45) is -7.41. The molecule has 0 radical (unpaired) electrons. The van der Waals surface area contributed by atoms with Gasteiger partial charge in [-0.1, -0.05) is 72.8 Å². The third-order valence-electron chi connectivity index (χ3n) is 7.35. The van der Waals surface area contributed by atoms with Gasteiger partial charge >= 0.3 is 24.5 Å². The Morgan fingerprint density at radius 2 is 1.38 bits per heavy atom. The Morgan fingerprint density at radius 1 is 0.800 bits per heavy atom. The summed E-state index contributed by atoms with van der Waals surface area (Å²) in [5, 5.41) is -0.0884. The molecule has 0 saturated carbocycles. The van der Waals surface area contributed by atoms with E-state index in [0.717, 1.165) is 55.5 Å². The molecule has 1 heterocycles. The second kappa shape index (κ2) is 15.2. The highest BCUT2D eigenvalue weighted by atomic mass is 19.4. The molecule has 1 aliphatic rings. The first-order valence-corrected chi connectivity index (χ1v) is 14.4. The van der Waals surface area contributed by atoms with E-state index in [9.17, 15) is 35.9 Å². The highest BCUT2D eigenvalue weighted by molar-refractivity contribution is 5.94. The molecule has 2 amide bonds. The van der Waals surface area contributed by atoms with Gasteiger partial charge in [0.2, 0.25) is 0 Å². The number of rotatable bonds is 10. The molecule has 1 aliphatic heterocycles. The third-order valence-corrected chi connectivity index (χ3v) is 7.35. The van der Waals surface area contributed by atoms with Gasteiger partial charge in [-0.25, -0.2) is 9.59 Å². The summed E-state index contributed by atoms with van der Waals surface area (Å²) in [5.74, 6) is -3.27. The SMILES string of the molecule is O=C(N(CCCN1CCC(Cc2ccccc2)CC1)Cc1ccccc1)N(OC(=O)C(F)(F)F)c1ccccc1OC(F)(F)F. The number of urea groups is 1. The molecule has 45 heavy (non-hydrogen) atoms. The molecule has 13 heteroatoms. The van der Waals surface area contributed by atoms with E-state index in [1.807, 2.05) is 18.2 Å². The van der Waals surface area contributed by atoms with Gasteiger partial charge in [0.25, 0.3) is 0 Å². The lowest BCUT2D eigenvalue weighted by molar-refractivity contribution is -0.274. The number of piperidine rings is 1. The van der Waals surface area contributed by atoms with Gasteiger partial charge in [-0.2, -0.15) is 13.2 Å². The summed E-state index contributed by atoms with van der Waals surface area (Å²) >= 11 is 0. The van der Waals surface area contributed by atoms with Crippen molar-refractivity contribution in [3.8, 4) is 5.75 Å². The van der Waals surface area contributed by atoms with Crippen LogP contribution in [-0.2, 0) is 22.6 Å². The average molecular weight is 638 g/mol. The van der Waals surface area contributed by atoms with Crippen molar-refractivity contribution in [1.29, 1.82) is 0 Å². The lowest BCUT2D eigenvalue weighted by atomic mass is 9.90. The Morgan fingerprint density at radius 3 is 1.98 bits per heavy atom. The molecule has 0 unspecified atom stereocenters. The number of anilines is 1. The standard InChI is InChI=1S/C32H33F6N3O4/c33-31(34,35)29(42)45-41(27-14-7-8-15-28(27)44-32(36,37)38)30(43)40(23-26-12-5-2-6-13-26)19-9-18-39-20-16-25(17-21-39)22-24-10-3-1-4-11-24/h1-8,10-15,25H,9,16-23H2. The molecule has 0 aliphatic carbocycles. The monoisotopic (exact) mass is 637 g/mol. The number of carbonyl (C=O) groups excluding carboxylic acids is 2. The number of carbonyl (C=O) groups is 2. The maximum absolute atomic E-state index is 13.8. The molecule has 0 spiro atoms. The maximum atomic E-state index is 13.8. The van der Waals surface area contributed by atoms with Gasteiger partial charge in [-0.05, 0) is 74.5 Å². The molecule has 1 fully saturated rings. The van der Waals surface area contributed by atoms with Crippen LogP contribution in [-0.4, -0.2) is 60.5 Å². The van der Waals surface area contributed by atoms with E-state index in [4.69, 9.17) is 0 Å². The number of hydroxylamine groups is 1. The van der Waals surface area contributed by atoms with Crippen LogP contribution in [0.5, 0.6) is 5.75 Å². The summed E-state index contributed by atoms with van der Waals surface area (Å²) < 4.78 is 83.0. The van der Waals surface area contributed by atoms with Gasteiger partial charge in [0.05, 0.1) is 0 Å². The maximum Gasteiger partial charge on any atom is 0.573 e. The second-order valence-corrected chi connectivity index (χ2v) is 10.7. The van der Waals surface area contributed by atoms with Crippen LogP contribution >= 0.6 is 0 Å². The molecule has 0 atom stereocenters. The molecule has 7 nitrogen and oxygen atoms in total. The molecule has 0 aromatic heterocycles. The van der Waals surface area contributed by atoms with E-state index in [1.165, 1.54) is 11.6 Å². The number of amides is 2. The summed E-state index contributed by atoms with van der Waals surface area (Å²) in [7, 11) is 0. The van der Waals surface area contributed by atoms with Gasteiger partial charge in [-0.15, -0.1) is 18.2 Å². The molecule has 242 valence electrons. The van der Waals surface area contributed by atoms with E-state index in [-0.39, 0.29) is 18.2 Å². The van der Waals surface area contributed by atoms with E-state index in [2.05, 4.69) is 26.6 Å². The summed E-state index contributed by atoms with van der Waals surface area (Å²) in [5.41, 5.74) is 1.06. The largest absolute Gasteiger partial charge is 0.573 e. The van der Waals surface area contributed by atoms with Crippen molar-refractivity contribution in [3.63, 3.8) is 0 Å². The quantitative estimate of drug-likeness (QED) is 0.172. The lowest BCUT2D eigenvalue weighted by Gasteiger charge is -2.33.